The van der Waals surface area contributed by atoms with E-state index in [2.05, 4.69) is 13.8 Å². The molecule has 6 fully saturated rings. The van der Waals surface area contributed by atoms with Gasteiger partial charge in [-0.3, -0.25) is 0 Å². The number of epoxide rings is 1. The minimum absolute atomic E-state index is 0.0261. The van der Waals surface area contributed by atoms with Crippen LogP contribution in [-0.2, 0) is 28.5 Å². The second kappa shape index (κ2) is 8.72. The van der Waals surface area contributed by atoms with Crippen LogP contribution in [0.25, 0.3) is 0 Å². The first kappa shape index (κ1) is 26.8. The van der Waals surface area contributed by atoms with Gasteiger partial charge in [0.1, 0.15) is 36.1 Å². The van der Waals surface area contributed by atoms with E-state index in [-0.39, 0.29) is 40.8 Å². The van der Waals surface area contributed by atoms with Crippen LogP contribution < -0.4 is 0 Å². The summed E-state index contributed by atoms with van der Waals surface area (Å²) in [6, 6.07) is 0. The lowest BCUT2D eigenvalue weighted by Gasteiger charge is -2.62. The SMILES string of the molecule is CO[C@@H]1[C@H](O)[C@@H](O[C@H]2CC[C@@]3(C)[C@@H](C2)C[C@@H]2O[C@]24[C@H]3CC[C@]2(C)[C@@H](C3=CC(=O)OC3)CC[C@]42O)O[C@@H](C)[C@@H]1O. The van der Waals surface area contributed by atoms with Gasteiger partial charge in [-0.25, -0.2) is 4.79 Å². The zero-order valence-corrected chi connectivity index (χ0v) is 23.5. The lowest BCUT2D eigenvalue weighted by molar-refractivity contribution is -0.312. The van der Waals surface area contributed by atoms with Crippen molar-refractivity contribution < 1.29 is 43.8 Å². The fourth-order valence-electron chi connectivity index (χ4n) is 10.5. The van der Waals surface area contributed by atoms with Crippen molar-refractivity contribution in [1.29, 1.82) is 0 Å². The van der Waals surface area contributed by atoms with Crippen LogP contribution in [0.5, 0.6) is 0 Å². The molecule has 0 aromatic heterocycles. The number of aliphatic hydroxyl groups excluding tert-OH is 2. The van der Waals surface area contributed by atoms with Crippen LogP contribution in [0.1, 0.15) is 72.1 Å². The van der Waals surface area contributed by atoms with Gasteiger partial charge in [0.15, 0.2) is 6.29 Å². The Morgan fingerprint density at radius 3 is 2.56 bits per heavy atom. The maximum atomic E-state index is 12.6. The minimum Gasteiger partial charge on any atom is -0.458 e. The van der Waals surface area contributed by atoms with E-state index in [0.717, 1.165) is 50.5 Å². The van der Waals surface area contributed by atoms with Gasteiger partial charge >= 0.3 is 5.97 Å². The summed E-state index contributed by atoms with van der Waals surface area (Å²) in [4.78, 5) is 11.9. The summed E-state index contributed by atoms with van der Waals surface area (Å²) in [5, 5.41) is 33.7. The molecule has 3 N–H and O–H groups in total. The maximum Gasteiger partial charge on any atom is 0.331 e. The first-order chi connectivity index (χ1) is 18.5. The normalized spacial score (nSPS) is 58.0. The number of aliphatic hydroxyl groups is 3. The second-order valence-corrected chi connectivity index (χ2v) is 14.0. The quantitative estimate of drug-likeness (QED) is 0.275. The van der Waals surface area contributed by atoms with Crippen LogP contribution in [0.3, 0.4) is 0 Å². The number of esters is 1. The largest absolute Gasteiger partial charge is 0.458 e. The number of carbonyl (C=O) groups excluding carboxylic acids is 1. The molecule has 3 aliphatic heterocycles. The predicted molar refractivity (Wildman–Crippen MR) is 137 cm³/mol. The van der Waals surface area contributed by atoms with Crippen LogP contribution >= 0.6 is 0 Å². The smallest absolute Gasteiger partial charge is 0.331 e. The molecular formula is C30H44O9. The van der Waals surface area contributed by atoms with Crippen molar-refractivity contribution in [2.75, 3.05) is 13.7 Å². The first-order valence-corrected chi connectivity index (χ1v) is 15.0. The summed E-state index contributed by atoms with van der Waals surface area (Å²) in [5.74, 6) is 0.532. The zero-order chi connectivity index (χ0) is 27.5. The fourth-order valence-corrected chi connectivity index (χ4v) is 10.5. The van der Waals surface area contributed by atoms with E-state index in [1.54, 1.807) is 13.0 Å². The molecule has 0 aromatic rings. The number of fused-ring (bicyclic) bond motifs is 3. The topological polar surface area (TPSA) is 127 Å². The number of cyclic esters (lactones) is 1. The molecule has 0 aromatic carbocycles. The Bertz CT molecular complexity index is 1060. The minimum atomic E-state index is -1.06. The molecule has 0 radical (unpaired) electrons. The van der Waals surface area contributed by atoms with Gasteiger partial charge in [0, 0.05) is 18.6 Å². The third kappa shape index (κ3) is 3.41. The second-order valence-electron chi connectivity index (χ2n) is 14.0. The summed E-state index contributed by atoms with van der Waals surface area (Å²) in [7, 11) is 1.48. The van der Waals surface area contributed by atoms with Crippen LogP contribution in [0, 0.1) is 28.6 Å². The van der Waals surface area contributed by atoms with Crippen molar-refractivity contribution in [3.8, 4) is 0 Å². The van der Waals surface area contributed by atoms with E-state index in [1.165, 1.54) is 7.11 Å². The van der Waals surface area contributed by atoms with Crippen molar-refractivity contribution in [3.63, 3.8) is 0 Å². The van der Waals surface area contributed by atoms with E-state index < -0.39 is 41.9 Å². The number of carbonyl (C=O) groups is 1. The van der Waals surface area contributed by atoms with Crippen molar-refractivity contribution in [3.05, 3.63) is 11.6 Å². The number of hydrogen-bond donors (Lipinski definition) is 3. The van der Waals surface area contributed by atoms with Crippen LogP contribution in [0.2, 0.25) is 0 Å². The molecule has 3 heterocycles. The Morgan fingerprint density at radius 1 is 1.05 bits per heavy atom. The van der Waals surface area contributed by atoms with Gasteiger partial charge in [0.25, 0.3) is 0 Å². The van der Waals surface area contributed by atoms with Crippen molar-refractivity contribution >= 4 is 5.97 Å². The highest BCUT2D eigenvalue weighted by molar-refractivity contribution is 5.85. The Kier molecular flexibility index (Phi) is 6.00. The molecule has 9 nitrogen and oxygen atoms in total. The van der Waals surface area contributed by atoms with Gasteiger partial charge in [-0.05, 0) is 87.0 Å². The van der Waals surface area contributed by atoms with Gasteiger partial charge in [0.05, 0.1) is 18.3 Å². The molecule has 39 heavy (non-hydrogen) atoms. The molecule has 9 heteroatoms. The number of hydrogen-bond acceptors (Lipinski definition) is 9. The molecule has 4 aliphatic carbocycles. The zero-order valence-electron chi connectivity index (χ0n) is 23.5. The average Bonchev–Trinajstić information content (AvgIpc) is 3.34. The molecule has 2 saturated heterocycles. The lowest BCUT2D eigenvalue weighted by atomic mass is 9.43. The van der Waals surface area contributed by atoms with Gasteiger partial charge in [-0.2, -0.15) is 0 Å². The molecule has 0 amide bonds. The average molecular weight is 549 g/mol. The summed E-state index contributed by atoms with van der Waals surface area (Å²) in [6.07, 6.45) is 4.59. The molecule has 7 rings (SSSR count). The van der Waals surface area contributed by atoms with E-state index in [4.69, 9.17) is 23.7 Å². The Morgan fingerprint density at radius 2 is 1.85 bits per heavy atom. The fraction of sp³-hybridized carbons (Fsp3) is 0.900. The molecule has 4 saturated carbocycles. The monoisotopic (exact) mass is 548 g/mol. The van der Waals surface area contributed by atoms with E-state index in [0.29, 0.717) is 18.9 Å². The van der Waals surface area contributed by atoms with E-state index in [9.17, 15) is 20.1 Å². The van der Waals surface area contributed by atoms with E-state index >= 15 is 0 Å². The first-order valence-electron chi connectivity index (χ1n) is 15.0. The van der Waals surface area contributed by atoms with Crippen LogP contribution in [-0.4, -0.2) is 89.1 Å². The Labute approximate surface area is 230 Å². The van der Waals surface area contributed by atoms with Gasteiger partial charge in [-0.15, -0.1) is 0 Å². The Balaban J connectivity index is 1.09. The van der Waals surface area contributed by atoms with Crippen molar-refractivity contribution in [2.45, 2.75) is 126 Å². The summed E-state index contributed by atoms with van der Waals surface area (Å²) >= 11 is 0. The van der Waals surface area contributed by atoms with E-state index in [1.807, 2.05) is 0 Å². The molecule has 0 unspecified atom stereocenters. The number of rotatable bonds is 4. The summed E-state index contributed by atoms with van der Waals surface area (Å²) in [5.41, 5.74) is -0.712. The van der Waals surface area contributed by atoms with Crippen molar-refractivity contribution in [2.24, 2.45) is 28.6 Å². The standard InChI is InChI=1S/C30H44O9/c1-15-23(32)25(35-4)24(33)26(37-15)38-18-5-8-27(2)17(12-18)13-21-30(39-21)20(27)7-9-28(3)19(6-10-29(28,30)34)16-11-22(31)36-14-16/h11,15,17-21,23-26,32-34H,5-10,12-14H2,1-4H3/t15-,17-,18-,19+,20-,21-,23-,24-,25-,26+,27-,28+,29+,30+/m0/s1. The molecule has 7 aliphatic rings. The highest BCUT2D eigenvalue weighted by Crippen LogP contribution is 2.77. The summed E-state index contributed by atoms with van der Waals surface area (Å²) < 4.78 is 29.5. The van der Waals surface area contributed by atoms with Gasteiger partial charge in [-0.1, -0.05) is 13.8 Å². The third-order valence-electron chi connectivity index (χ3n) is 12.7. The highest BCUT2D eigenvalue weighted by Gasteiger charge is 2.84. The maximum absolute atomic E-state index is 12.6. The number of ether oxygens (including phenoxy) is 5. The highest BCUT2D eigenvalue weighted by atomic mass is 16.7. The van der Waals surface area contributed by atoms with Crippen molar-refractivity contribution in [1.82, 2.24) is 0 Å². The molecule has 14 atom stereocenters. The Hall–Kier alpha value is -1.07. The third-order valence-corrected chi connectivity index (χ3v) is 12.7. The molecule has 218 valence electrons. The molecule has 0 bridgehead atoms. The molecular weight excluding hydrogens is 504 g/mol. The van der Waals surface area contributed by atoms with Gasteiger partial charge in [0.2, 0.25) is 0 Å². The van der Waals surface area contributed by atoms with Crippen LogP contribution in [0.15, 0.2) is 11.6 Å². The summed E-state index contributed by atoms with van der Waals surface area (Å²) in [6.45, 7) is 6.73. The molecule has 1 spiro atoms. The lowest BCUT2D eigenvalue weighted by Crippen LogP contribution is -2.68. The van der Waals surface area contributed by atoms with Gasteiger partial charge < -0.3 is 39.0 Å². The number of methoxy groups -OCH3 is 1. The van der Waals surface area contributed by atoms with Crippen LogP contribution in [0.4, 0.5) is 0 Å². The predicted octanol–water partition coefficient (Wildman–Crippen LogP) is 2.24.